The summed E-state index contributed by atoms with van der Waals surface area (Å²) in [7, 11) is 1.49. The number of carbonyl (C=O) groups excluding carboxylic acids is 1. The number of hydrogen-bond acceptors (Lipinski definition) is 5. The van der Waals surface area contributed by atoms with Gasteiger partial charge >= 0.3 is 5.97 Å². The third-order valence-corrected chi connectivity index (χ3v) is 3.92. The van der Waals surface area contributed by atoms with Crippen LogP contribution in [0.4, 0.5) is 0 Å². The first-order chi connectivity index (χ1) is 12.9. The van der Waals surface area contributed by atoms with Gasteiger partial charge in [0.05, 0.1) is 18.8 Å². The van der Waals surface area contributed by atoms with Crippen molar-refractivity contribution in [2.45, 2.75) is 26.9 Å². The molecule has 0 amide bonds. The molecule has 6 nitrogen and oxygen atoms in total. The number of methoxy groups -OCH3 is 1. The number of carbonyl (C=O) groups is 1. The summed E-state index contributed by atoms with van der Waals surface area (Å²) in [5.41, 5.74) is 1.05. The Morgan fingerprint density at radius 1 is 1.04 bits per heavy atom. The van der Waals surface area contributed by atoms with Gasteiger partial charge in [0, 0.05) is 13.1 Å². The van der Waals surface area contributed by atoms with Crippen LogP contribution in [-0.2, 0) is 4.79 Å². The molecule has 0 aliphatic carbocycles. The number of ether oxygens (including phenoxy) is 3. The van der Waals surface area contributed by atoms with Crippen LogP contribution in [0.5, 0.6) is 17.2 Å². The summed E-state index contributed by atoms with van der Waals surface area (Å²) in [6.45, 7) is 4.99. The number of nitrogens with zero attached hydrogens (tertiary/aromatic N) is 1. The zero-order chi connectivity index (χ0) is 19.6. The molecule has 2 heterocycles. The Labute approximate surface area is 156 Å². The van der Waals surface area contributed by atoms with Crippen LogP contribution < -0.4 is 19.8 Å². The molecule has 0 atom stereocenters. The zero-order valence-electron chi connectivity index (χ0n) is 15.7. The molecule has 0 spiro atoms. The van der Waals surface area contributed by atoms with Gasteiger partial charge in [0.15, 0.2) is 5.75 Å². The first-order valence-corrected chi connectivity index (χ1v) is 8.59. The summed E-state index contributed by atoms with van der Waals surface area (Å²) >= 11 is 0. The highest BCUT2D eigenvalue weighted by Gasteiger charge is 2.26. The van der Waals surface area contributed by atoms with Crippen LogP contribution >= 0.6 is 0 Å². The average molecular weight is 367 g/mol. The molecular weight excluding hydrogens is 346 g/mol. The van der Waals surface area contributed by atoms with E-state index in [2.05, 4.69) is 0 Å². The Hall–Kier alpha value is -3.28. The number of hydrogen-bond donors (Lipinski definition) is 0. The smallest absolute Gasteiger partial charge is 0.308 e. The number of esters is 1. The number of aromatic nitrogens is 1. The summed E-state index contributed by atoms with van der Waals surface area (Å²) in [5, 5.41) is 0. The van der Waals surface area contributed by atoms with Crippen LogP contribution in [0.15, 0.2) is 53.5 Å². The second kappa shape index (κ2) is 7.53. The van der Waals surface area contributed by atoms with E-state index in [4.69, 9.17) is 14.2 Å². The Bertz CT molecular complexity index is 1040. The van der Waals surface area contributed by atoms with Gasteiger partial charge in [-0.2, -0.15) is 0 Å². The Kier molecular flexibility index (Phi) is 5.16. The maximum atomic E-state index is 13.3. The zero-order valence-corrected chi connectivity index (χ0v) is 15.7. The van der Waals surface area contributed by atoms with Crippen LogP contribution in [-0.4, -0.2) is 23.6 Å². The van der Waals surface area contributed by atoms with E-state index in [1.54, 1.807) is 18.3 Å². The minimum Gasteiger partial charge on any atom is -0.494 e. The minimum atomic E-state index is -0.519. The van der Waals surface area contributed by atoms with Crippen molar-refractivity contribution < 1.29 is 19.0 Å². The van der Waals surface area contributed by atoms with E-state index in [0.29, 0.717) is 22.4 Å². The quantitative estimate of drug-likeness (QED) is 0.644. The third kappa shape index (κ3) is 3.51. The fraction of sp³-hybridized carbons (Fsp3) is 0.238. The molecule has 6 heteroatoms. The molecule has 0 aliphatic rings. The summed E-state index contributed by atoms with van der Waals surface area (Å²) in [4.78, 5) is 25.1. The molecule has 0 unspecified atom stereocenters. The van der Waals surface area contributed by atoms with E-state index in [9.17, 15) is 9.59 Å². The molecule has 0 aliphatic heterocycles. The van der Waals surface area contributed by atoms with Crippen molar-refractivity contribution in [3.05, 3.63) is 59.0 Å². The normalized spacial score (nSPS) is 10.9. The van der Waals surface area contributed by atoms with Crippen molar-refractivity contribution in [2.24, 2.45) is 0 Å². The molecule has 0 bridgehead atoms. The molecular formula is C21H21NO5. The molecule has 2 aromatic heterocycles. The van der Waals surface area contributed by atoms with Gasteiger partial charge in [-0.1, -0.05) is 30.3 Å². The third-order valence-electron chi connectivity index (χ3n) is 3.92. The summed E-state index contributed by atoms with van der Waals surface area (Å²) in [6.07, 6.45) is 1.37. The molecule has 0 radical (unpaired) electrons. The first kappa shape index (κ1) is 18.5. The van der Waals surface area contributed by atoms with Crippen LogP contribution in [0.3, 0.4) is 0 Å². The lowest BCUT2D eigenvalue weighted by Gasteiger charge is -2.20. The molecule has 0 saturated heterocycles. The highest BCUT2D eigenvalue weighted by atomic mass is 16.6. The van der Waals surface area contributed by atoms with E-state index in [1.165, 1.54) is 18.4 Å². The second-order valence-corrected chi connectivity index (χ2v) is 6.26. The van der Waals surface area contributed by atoms with Gasteiger partial charge in [0.25, 0.3) is 5.56 Å². The van der Waals surface area contributed by atoms with E-state index < -0.39 is 5.97 Å². The van der Waals surface area contributed by atoms with E-state index >= 15 is 0 Å². The maximum Gasteiger partial charge on any atom is 0.308 e. The number of benzene rings is 1. The molecule has 3 aromatic rings. The largest absolute Gasteiger partial charge is 0.494 e. The fourth-order valence-electron chi connectivity index (χ4n) is 2.93. The van der Waals surface area contributed by atoms with Gasteiger partial charge in [-0.05, 0) is 31.5 Å². The molecule has 3 rings (SSSR count). The summed E-state index contributed by atoms with van der Waals surface area (Å²) in [5.74, 6) is 0.265. The number of pyridine rings is 2. The van der Waals surface area contributed by atoms with Crippen LogP contribution in [0, 0.1) is 0 Å². The summed E-state index contributed by atoms with van der Waals surface area (Å²) in [6, 6.07) is 12.6. The molecule has 1 aromatic carbocycles. The lowest BCUT2D eigenvalue weighted by Crippen LogP contribution is -2.21. The highest BCUT2D eigenvalue weighted by Crippen LogP contribution is 2.42. The van der Waals surface area contributed by atoms with Crippen molar-refractivity contribution >= 4 is 11.5 Å². The van der Waals surface area contributed by atoms with E-state index in [0.717, 1.165) is 0 Å². The van der Waals surface area contributed by atoms with Gasteiger partial charge in [0.1, 0.15) is 11.3 Å². The molecule has 0 fully saturated rings. The lowest BCUT2D eigenvalue weighted by atomic mass is 10.0. The first-order valence-electron chi connectivity index (χ1n) is 8.59. The van der Waals surface area contributed by atoms with Crippen LogP contribution in [0.25, 0.3) is 16.6 Å². The highest BCUT2D eigenvalue weighted by molar-refractivity contribution is 5.86. The van der Waals surface area contributed by atoms with E-state index in [-0.39, 0.29) is 23.2 Å². The monoisotopic (exact) mass is 367 g/mol. The maximum absolute atomic E-state index is 13.3. The molecule has 0 saturated carbocycles. The van der Waals surface area contributed by atoms with Crippen molar-refractivity contribution in [2.75, 3.05) is 7.11 Å². The number of fused-ring (bicyclic) bond motifs is 1. The minimum absolute atomic E-state index is 0.159. The van der Waals surface area contributed by atoms with E-state index in [1.807, 2.05) is 44.2 Å². The molecule has 27 heavy (non-hydrogen) atoms. The van der Waals surface area contributed by atoms with Gasteiger partial charge in [-0.15, -0.1) is 0 Å². The standard InChI is InChI=1S/C21H21NO5/c1-13(2)26-19-17(15-9-6-5-7-10-15)21(24)22-12-8-11-16(25-4)18(22)20(19)27-14(3)23/h5-13H,1-4H3. The molecule has 0 N–H and O–H groups in total. The second-order valence-electron chi connectivity index (χ2n) is 6.26. The Morgan fingerprint density at radius 3 is 2.33 bits per heavy atom. The van der Waals surface area contributed by atoms with Crippen molar-refractivity contribution in [3.63, 3.8) is 0 Å². The van der Waals surface area contributed by atoms with Gasteiger partial charge in [-0.3, -0.25) is 14.0 Å². The van der Waals surface area contributed by atoms with Gasteiger partial charge in [-0.25, -0.2) is 0 Å². The predicted molar refractivity (Wildman–Crippen MR) is 103 cm³/mol. The summed E-state index contributed by atoms with van der Waals surface area (Å²) < 4.78 is 18.3. The van der Waals surface area contributed by atoms with Gasteiger partial charge in [0.2, 0.25) is 5.75 Å². The predicted octanol–water partition coefficient (Wildman–Crippen LogP) is 3.69. The average Bonchev–Trinajstić information content (AvgIpc) is 2.64. The fourth-order valence-corrected chi connectivity index (χ4v) is 2.93. The van der Waals surface area contributed by atoms with Crippen molar-refractivity contribution in [3.8, 4) is 28.4 Å². The Balaban J connectivity index is 2.52. The topological polar surface area (TPSA) is 66.2 Å². The van der Waals surface area contributed by atoms with Gasteiger partial charge < -0.3 is 14.2 Å². The SMILES string of the molecule is COc1cccn2c(=O)c(-c3ccccc3)c(OC(C)C)c(OC(C)=O)c12. The number of rotatable bonds is 5. The van der Waals surface area contributed by atoms with Crippen LogP contribution in [0.2, 0.25) is 0 Å². The van der Waals surface area contributed by atoms with Crippen molar-refractivity contribution in [1.29, 1.82) is 0 Å². The van der Waals surface area contributed by atoms with Crippen LogP contribution in [0.1, 0.15) is 20.8 Å². The van der Waals surface area contributed by atoms with Crippen molar-refractivity contribution in [1.82, 2.24) is 4.40 Å². The lowest BCUT2D eigenvalue weighted by molar-refractivity contribution is -0.131. The molecule has 140 valence electrons. The Morgan fingerprint density at radius 2 is 1.74 bits per heavy atom.